The number of thiophene rings is 1. The summed E-state index contributed by atoms with van der Waals surface area (Å²) in [6.45, 7) is 0. The lowest BCUT2D eigenvalue weighted by atomic mass is 10.1. The van der Waals surface area contributed by atoms with Gasteiger partial charge in [0.2, 0.25) is 0 Å². The first kappa shape index (κ1) is 13.0. The highest BCUT2D eigenvalue weighted by molar-refractivity contribution is 7.10. The summed E-state index contributed by atoms with van der Waals surface area (Å²) in [5.74, 6) is -0.00442. The molecule has 0 aliphatic rings. The molecule has 1 atom stereocenters. The smallest absolute Gasteiger partial charge is 0.160 e. The Morgan fingerprint density at radius 2 is 2.00 bits per heavy atom. The Kier molecular flexibility index (Phi) is 3.58. The standard InChI is InChI=1S/C16H14N2OS/c17-16(15-6-3-9-20-15)14(19)10-12-8-7-11-4-1-2-5-13(11)18-12/h1-9,16H,10,17H2. The largest absolute Gasteiger partial charge is 0.317 e. The first-order valence-electron chi connectivity index (χ1n) is 6.40. The molecule has 4 heteroatoms. The van der Waals surface area contributed by atoms with E-state index in [1.165, 1.54) is 11.3 Å². The summed E-state index contributed by atoms with van der Waals surface area (Å²) in [4.78, 5) is 17.6. The maximum absolute atomic E-state index is 12.2. The average molecular weight is 282 g/mol. The monoisotopic (exact) mass is 282 g/mol. The fourth-order valence-electron chi connectivity index (χ4n) is 2.12. The van der Waals surface area contributed by atoms with Crippen LogP contribution >= 0.6 is 11.3 Å². The average Bonchev–Trinajstić information content (AvgIpc) is 3.00. The Bertz CT molecular complexity index is 737. The van der Waals surface area contributed by atoms with E-state index in [0.717, 1.165) is 21.5 Å². The van der Waals surface area contributed by atoms with Gasteiger partial charge in [-0.1, -0.05) is 30.3 Å². The van der Waals surface area contributed by atoms with Gasteiger partial charge in [0.15, 0.2) is 5.78 Å². The van der Waals surface area contributed by atoms with Gasteiger partial charge in [-0.3, -0.25) is 9.78 Å². The molecule has 2 aromatic heterocycles. The molecule has 1 unspecified atom stereocenters. The highest BCUT2D eigenvalue weighted by Gasteiger charge is 2.17. The highest BCUT2D eigenvalue weighted by atomic mass is 32.1. The van der Waals surface area contributed by atoms with Gasteiger partial charge in [-0.25, -0.2) is 0 Å². The molecule has 20 heavy (non-hydrogen) atoms. The van der Waals surface area contributed by atoms with Crippen LogP contribution in [0.5, 0.6) is 0 Å². The molecule has 2 N–H and O–H groups in total. The van der Waals surface area contributed by atoms with Crippen molar-refractivity contribution in [2.45, 2.75) is 12.5 Å². The molecule has 100 valence electrons. The number of pyridine rings is 1. The Labute approximate surface area is 121 Å². The summed E-state index contributed by atoms with van der Waals surface area (Å²) in [5, 5.41) is 3.00. The van der Waals surface area contributed by atoms with Crippen molar-refractivity contribution in [1.82, 2.24) is 4.98 Å². The first-order valence-corrected chi connectivity index (χ1v) is 7.28. The number of hydrogen-bond acceptors (Lipinski definition) is 4. The summed E-state index contributed by atoms with van der Waals surface area (Å²) in [6.07, 6.45) is 0.268. The van der Waals surface area contributed by atoms with Crippen LogP contribution in [0.15, 0.2) is 53.9 Å². The number of benzene rings is 1. The van der Waals surface area contributed by atoms with Gasteiger partial charge in [-0.2, -0.15) is 0 Å². The summed E-state index contributed by atoms with van der Waals surface area (Å²) in [5.41, 5.74) is 7.65. The number of carbonyl (C=O) groups excluding carboxylic acids is 1. The number of nitrogens with two attached hydrogens (primary N) is 1. The van der Waals surface area contributed by atoms with Gasteiger partial charge in [-0.15, -0.1) is 11.3 Å². The SMILES string of the molecule is NC(C(=O)Cc1ccc2ccccc2n1)c1cccs1. The van der Waals surface area contributed by atoms with E-state index in [-0.39, 0.29) is 12.2 Å². The van der Waals surface area contributed by atoms with Crippen LogP contribution in [0.4, 0.5) is 0 Å². The number of aromatic nitrogens is 1. The van der Waals surface area contributed by atoms with Crippen molar-refractivity contribution in [3.8, 4) is 0 Å². The lowest BCUT2D eigenvalue weighted by Crippen LogP contribution is -2.22. The van der Waals surface area contributed by atoms with Gasteiger partial charge in [0.05, 0.1) is 18.0 Å². The van der Waals surface area contributed by atoms with E-state index < -0.39 is 6.04 Å². The van der Waals surface area contributed by atoms with Crippen molar-refractivity contribution in [3.05, 3.63) is 64.5 Å². The molecule has 0 fully saturated rings. The van der Waals surface area contributed by atoms with Crippen molar-refractivity contribution < 1.29 is 4.79 Å². The molecule has 0 radical (unpaired) electrons. The zero-order valence-corrected chi connectivity index (χ0v) is 11.6. The van der Waals surface area contributed by atoms with Crippen LogP contribution in [0, 0.1) is 0 Å². The molecule has 0 aliphatic carbocycles. The van der Waals surface area contributed by atoms with Crippen LogP contribution < -0.4 is 5.73 Å². The zero-order chi connectivity index (χ0) is 13.9. The van der Waals surface area contributed by atoms with Gasteiger partial charge in [0, 0.05) is 16.0 Å². The van der Waals surface area contributed by atoms with Crippen molar-refractivity contribution in [2.75, 3.05) is 0 Å². The van der Waals surface area contributed by atoms with Crippen LogP contribution in [-0.2, 0) is 11.2 Å². The van der Waals surface area contributed by atoms with Gasteiger partial charge in [0.1, 0.15) is 0 Å². The number of hydrogen-bond donors (Lipinski definition) is 1. The van der Waals surface area contributed by atoms with Gasteiger partial charge in [0.25, 0.3) is 0 Å². The number of para-hydroxylation sites is 1. The second-order valence-corrected chi connectivity index (χ2v) is 5.61. The molecule has 2 heterocycles. The highest BCUT2D eigenvalue weighted by Crippen LogP contribution is 2.19. The quantitative estimate of drug-likeness (QED) is 0.800. The lowest BCUT2D eigenvalue weighted by molar-refractivity contribution is -0.119. The molecular weight excluding hydrogens is 268 g/mol. The van der Waals surface area contributed by atoms with Crippen LogP contribution in [0.1, 0.15) is 16.6 Å². The van der Waals surface area contributed by atoms with E-state index in [1.54, 1.807) is 0 Å². The van der Waals surface area contributed by atoms with Crippen LogP contribution in [-0.4, -0.2) is 10.8 Å². The minimum absolute atomic E-state index is 0.00442. The predicted molar refractivity (Wildman–Crippen MR) is 81.7 cm³/mol. The molecule has 3 nitrogen and oxygen atoms in total. The van der Waals surface area contributed by atoms with Crippen molar-refractivity contribution in [3.63, 3.8) is 0 Å². The fourth-order valence-corrected chi connectivity index (χ4v) is 2.87. The summed E-state index contributed by atoms with van der Waals surface area (Å²) in [6, 6.07) is 15.0. The molecule has 0 bridgehead atoms. The lowest BCUT2D eigenvalue weighted by Gasteiger charge is -2.08. The van der Waals surface area contributed by atoms with Gasteiger partial charge >= 0.3 is 0 Å². The van der Waals surface area contributed by atoms with E-state index >= 15 is 0 Å². The van der Waals surface area contributed by atoms with E-state index in [9.17, 15) is 4.79 Å². The minimum atomic E-state index is -0.553. The molecule has 0 amide bonds. The third-order valence-electron chi connectivity index (χ3n) is 3.21. The third-order valence-corrected chi connectivity index (χ3v) is 4.16. The molecular formula is C16H14N2OS. The number of fused-ring (bicyclic) bond motifs is 1. The first-order chi connectivity index (χ1) is 9.74. The Balaban J connectivity index is 1.80. The number of Topliss-reactive ketones (excluding diaryl/α,β-unsaturated/α-hetero) is 1. The number of ketones is 1. The van der Waals surface area contributed by atoms with Crippen molar-refractivity contribution in [1.29, 1.82) is 0 Å². The number of carbonyl (C=O) groups is 1. The van der Waals surface area contributed by atoms with E-state index in [4.69, 9.17) is 5.73 Å². The third kappa shape index (κ3) is 2.61. The van der Waals surface area contributed by atoms with Crippen LogP contribution in [0.25, 0.3) is 10.9 Å². The van der Waals surface area contributed by atoms with E-state index in [2.05, 4.69) is 4.98 Å². The van der Waals surface area contributed by atoms with Crippen LogP contribution in [0.3, 0.4) is 0 Å². The van der Waals surface area contributed by atoms with E-state index in [1.807, 2.05) is 53.9 Å². The molecule has 0 saturated carbocycles. The topological polar surface area (TPSA) is 56.0 Å². The Morgan fingerprint density at radius 1 is 1.15 bits per heavy atom. The van der Waals surface area contributed by atoms with Gasteiger partial charge in [-0.05, 0) is 23.6 Å². The summed E-state index contributed by atoms with van der Waals surface area (Å²) >= 11 is 1.51. The second-order valence-electron chi connectivity index (χ2n) is 4.63. The Hall–Kier alpha value is -2.04. The molecule has 3 rings (SSSR count). The van der Waals surface area contributed by atoms with Crippen LogP contribution in [0.2, 0.25) is 0 Å². The molecule has 3 aromatic rings. The Morgan fingerprint density at radius 3 is 2.80 bits per heavy atom. The number of nitrogens with zero attached hydrogens (tertiary/aromatic N) is 1. The maximum Gasteiger partial charge on any atom is 0.160 e. The normalized spacial score (nSPS) is 12.4. The molecule has 0 spiro atoms. The molecule has 1 aromatic carbocycles. The maximum atomic E-state index is 12.2. The zero-order valence-electron chi connectivity index (χ0n) is 10.8. The van der Waals surface area contributed by atoms with Crippen molar-refractivity contribution >= 4 is 28.0 Å². The second kappa shape index (κ2) is 5.53. The molecule has 0 aliphatic heterocycles. The predicted octanol–water partition coefficient (Wildman–Crippen LogP) is 3.11. The summed E-state index contributed by atoms with van der Waals surface area (Å²) < 4.78 is 0. The summed E-state index contributed by atoms with van der Waals surface area (Å²) in [7, 11) is 0. The van der Waals surface area contributed by atoms with Gasteiger partial charge < -0.3 is 5.73 Å². The van der Waals surface area contributed by atoms with E-state index in [0.29, 0.717) is 0 Å². The number of rotatable bonds is 4. The molecule has 0 saturated heterocycles. The minimum Gasteiger partial charge on any atom is -0.317 e. The van der Waals surface area contributed by atoms with Crippen molar-refractivity contribution in [2.24, 2.45) is 5.73 Å². The fraction of sp³-hybridized carbons (Fsp3) is 0.125.